The molecule has 0 aliphatic heterocycles. The fraction of sp³-hybridized carbons (Fsp3) is 0.364. The third kappa shape index (κ3) is 3.34. The molecule has 0 saturated carbocycles. The molecule has 1 aromatic rings. The zero-order valence-corrected chi connectivity index (χ0v) is 9.27. The van der Waals surface area contributed by atoms with Crippen LogP contribution in [0, 0.1) is 16.0 Å². The number of nitrogens with zero attached hydrogens (tertiary/aromatic N) is 1. The number of hydrogen-bond donors (Lipinski definition) is 1. The molecular formula is C11H14N2O3. The molecule has 86 valence electrons. The Morgan fingerprint density at radius 3 is 2.62 bits per heavy atom. The minimum Gasteiger partial charge on any atom is -0.320 e. The molecule has 5 nitrogen and oxygen atoms in total. The molecule has 1 amide bonds. The predicted molar refractivity (Wildman–Crippen MR) is 61.2 cm³/mol. The average Bonchev–Trinajstić information content (AvgIpc) is 2.16. The van der Waals surface area contributed by atoms with E-state index in [1.165, 1.54) is 12.1 Å². The van der Waals surface area contributed by atoms with E-state index in [0.29, 0.717) is 6.42 Å². The van der Waals surface area contributed by atoms with Crippen molar-refractivity contribution < 1.29 is 9.72 Å². The van der Waals surface area contributed by atoms with Crippen LogP contribution in [0.3, 0.4) is 0 Å². The van der Waals surface area contributed by atoms with Crippen LogP contribution >= 0.6 is 0 Å². The molecule has 0 saturated heterocycles. The van der Waals surface area contributed by atoms with Crippen molar-refractivity contribution in [3.8, 4) is 0 Å². The van der Waals surface area contributed by atoms with Crippen LogP contribution in [0.2, 0.25) is 0 Å². The van der Waals surface area contributed by atoms with Crippen molar-refractivity contribution in [3.63, 3.8) is 0 Å². The Morgan fingerprint density at radius 1 is 1.44 bits per heavy atom. The molecule has 1 N–H and O–H groups in total. The smallest absolute Gasteiger partial charge is 0.292 e. The van der Waals surface area contributed by atoms with E-state index in [1.807, 2.05) is 13.8 Å². The minimum atomic E-state index is -0.509. The third-order valence-corrected chi connectivity index (χ3v) is 1.97. The molecular weight excluding hydrogens is 208 g/mol. The highest BCUT2D eigenvalue weighted by atomic mass is 16.6. The lowest BCUT2D eigenvalue weighted by Crippen LogP contribution is -2.14. The van der Waals surface area contributed by atoms with Gasteiger partial charge >= 0.3 is 0 Å². The molecule has 0 radical (unpaired) electrons. The van der Waals surface area contributed by atoms with E-state index in [1.54, 1.807) is 12.1 Å². The van der Waals surface area contributed by atoms with Gasteiger partial charge in [0.05, 0.1) is 4.92 Å². The molecule has 0 aromatic heterocycles. The van der Waals surface area contributed by atoms with E-state index < -0.39 is 4.92 Å². The zero-order valence-electron chi connectivity index (χ0n) is 9.27. The minimum absolute atomic E-state index is 0.0837. The van der Waals surface area contributed by atoms with Crippen LogP contribution in [0.5, 0.6) is 0 Å². The lowest BCUT2D eigenvalue weighted by Gasteiger charge is -2.07. The number of amides is 1. The van der Waals surface area contributed by atoms with Crippen LogP contribution in [-0.2, 0) is 4.79 Å². The maximum absolute atomic E-state index is 11.5. The maximum atomic E-state index is 11.5. The number of nitro groups is 1. The fourth-order valence-corrected chi connectivity index (χ4v) is 1.31. The Kier molecular flexibility index (Phi) is 3.99. The second kappa shape index (κ2) is 5.25. The lowest BCUT2D eigenvalue weighted by atomic mass is 10.1. The SMILES string of the molecule is CC(C)CC(=O)Nc1ccccc1[N+](=O)[O-]. The first-order valence-corrected chi connectivity index (χ1v) is 5.04. The summed E-state index contributed by atoms with van der Waals surface area (Å²) in [6.07, 6.45) is 0.353. The van der Waals surface area contributed by atoms with Crippen molar-refractivity contribution in [3.05, 3.63) is 34.4 Å². The first-order chi connectivity index (χ1) is 7.50. The summed E-state index contributed by atoms with van der Waals surface area (Å²) in [6.45, 7) is 3.83. The highest BCUT2D eigenvalue weighted by Gasteiger charge is 2.14. The van der Waals surface area contributed by atoms with E-state index in [4.69, 9.17) is 0 Å². The van der Waals surface area contributed by atoms with Gasteiger partial charge in [-0.15, -0.1) is 0 Å². The number of carbonyl (C=O) groups excluding carboxylic acids is 1. The summed E-state index contributed by atoms with van der Waals surface area (Å²) in [5, 5.41) is 13.2. The predicted octanol–water partition coefficient (Wildman–Crippen LogP) is 2.58. The normalized spacial score (nSPS) is 10.2. The van der Waals surface area contributed by atoms with Crippen molar-refractivity contribution in [2.24, 2.45) is 5.92 Å². The number of carbonyl (C=O) groups is 1. The Labute approximate surface area is 93.6 Å². The van der Waals surface area contributed by atoms with Crippen LogP contribution in [-0.4, -0.2) is 10.8 Å². The Balaban J connectivity index is 2.81. The molecule has 0 aliphatic carbocycles. The molecule has 0 aliphatic rings. The standard InChI is InChI=1S/C11H14N2O3/c1-8(2)7-11(14)12-9-5-3-4-6-10(9)13(15)16/h3-6,8H,7H2,1-2H3,(H,12,14). The second-order valence-corrected chi connectivity index (χ2v) is 3.92. The van der Waals surface area contributed by atoms with Crippen LogP contribution < -0.4 is 5.32 Å². The molecule has 0 heterocycles. The Bertz CT molecular complexity index is 402. The number of para-hydroxylation sites is 2. The molecule has 0 spiro atoms. The van der Waals surface area contributed by atoms with E-state index in [0.717, 1.165) is 0 Å². The largest absolute Gasteiger partial charge is 0.320 e. The van der Waals surface area contributed by atoms with E-state index in [-0.39, 0.29) is 23.2 Å². The van der Waals surface area contributed by atoms with Crippen LogP contribution in [0.25, 0.3) is 0 Å². The van der Waals surface area contributed by atoms with Gasteiger partial charge in [-0.1, -0.05) is 26.0 Å². The molecule has 0 unspecified atom stereocenters. The summed E-state index contributed by atoms with van der Waals surface area (Å²) in [5.41, 5.74) is 0.165. The van der Waals surface area contributed by atoms with Gasteiger partial charge in [0.1, 0.15) is 5.69 Å². The van der Waals surface area contributed by atoms with Crippen molar-refractivity contribution in [1.29, 1.82) is 0 Å². The quantitative estimate of drug-likeness (QED) is 0.628. The summed E-state index contributed by atoms with van der Waals surface area (Å²) in [6, 6.07) is 6.11. The van der Waals surface area contributed by atoms with Crippen LogP contribution in [0.1, 0.15) is 20.3 Å². The van der Waals surface area contributed by atoms with Crippen molar-refractivity contribution in [1.82, 2.24) is 0 Å². The molecule has 1 aromatic carbocycles. The van der Waals surface area contributed by atoms with Gasteiger partial charge in [-0.3, -0.25) is 14.9 Å². The number of nitro benzene ring substituents is 1. The highest BCUT2D eigenvalue weighted by Crippen LogP contribution is 2.23. The molecule has 5 heteroatoms. The van der Waals surface area contributed by atoms with E-state index in [9.17, 15) is 14.9 Å². The molecule has 16 heavy (non-hydrogen) atoms. The zero-order chi connectivity index (χ0) is 12.1. The maximum Gasteiger partial charge on any atom is 0.292 e. The van der Waals surface area contributed by atoms with Gasteiger partial charge in [0.25, 0.3) is 5.69 Å². The van der Waals surface area contributed by atoms with Gasteiger partial charge in [0.15, 0.2) is 0 Å². The average molecular weight is 222 g/mol. The summed E-state index contributed by atoms with van der Waals surface area (Å²) in [7, 11) is 0. The molecule has 1 rings (SSSR count). The molecule has 0 bridgehead atoms. The topological polar surface area (TPSA) is 72.2 Å². The van der Waals surface area contributed by atoms with Gasteiger partial charge in [0.2, 0.25) is 5.91 Å². The second-order valence-electron chi connectivity index (χ2n) is 3.92. The van der Waals surface area contributed by atoms with Crippen molar-refractivity contribution in [2.75, 3.05) is 5.32 Å². The van der Waals surface area contributed by atoms with Crippen molar-refractivity contribution >= 4 is 17.3 Å². The number of anilines is 1. The summed E-state index contributed by atoms with van der Waals surface area (Å²) in [4.78, 5) is 21.6. The highest BCUT2D eigenvalue weighted by molar-refractivity contribution is 5.93. The van der Waals surface area contributed by atoms with Gasteiger partial charge < -0.3 is 5.32 Å². The summed E-state index contributed by atoms with van der Waals surface area (Å²) >= 11 is 0. The number of hydrogen-bond acceptors (Lipinski definition) is 3. The summed E-state index contributed by atoms with van der Waals surface area (Å²) < 4.78 is 0. The number of benzene rings is 1. The van der Waals surface area contributed by atoms with Crippen LogP contribution in [0.4, 0.5) is 11.4 Å². The first kappa shape index (κ1) is 12.2. The number of rotatable bonds is 4. The van der Waals surface area contributed by atoms with E-state index >= 15 is 0 Å². The van der Waals surface area contributed by atoms with Gasteiger partial charge in [0, 0.05) is 12.5 Å². The summed E-state index contributed by atoms with van der Waals surface area (Å²) in [5.74, 6) is 0.0204. The lowest BCUT2D eigenvalue weighted by molar-refractivity contribution is -0.383. The monoisotopic (exact) mass is 222 g/mol. The van der Waals surface area contributed by atoms with Gasteiger partial charge in [-0.05, 0) is 12.0 Å². The van der Waals surface area contributed by atoms with Crippen LogP contribution in [0.15, 0.2) is 24.3 Å². The first-order valence-electron chi connectivity index (χ1n) is 5.04. The Morgan fingerprint density at radius 2 is 2.06 bits per heavy atom. The Hall–Kier alpha value is -1.91. The number of nitrogens with one attached hydrogen (secondary N) is 1. The third-order valence-electron chi connectivity index (χ3n) is 1.97. The van der Waals surface area contributed by atoms with E-state index in [2.05, 4.69) is 5.32 Å². The molecule has 0 fully saturated rings. The molecule has 0 atom stereocenters. The van der Waals surface area contributed by atoms with Gasteiger partial charge in [-0.25, -0.2) is 0 Å². The fourth-order valence-electron chi connectivity index (χ4n) is 1.31. The van der Waals surface area contributed by atoms with Crippen molar-refractivity contribution in [2.45, 2.75) is 20.3 Å². The van der Waals surface area contributed by atoms with Gasteiger partial charge in [-0.2, -0.15) is 0 Å².